The van der Waals surface area contributed by atoms with Crippen LogP contribution < -0.4 is 20.3 Å². The number of urea groups is 1. The normalized spacial score (nSPS) is 13.7. The quantitative estimate of drug-likeness (QED) is 0.735. The molecule has 0 radical (unpaired) electrons. The Bertz CT molecular complexity index is 849. The molecule has 0 saturated carbocycles. The summed E-state index contributed by atoms with van der Waals surface area (Å²) in [4.78, 5) is 28.8. The maximum Gasteiger partial charge on any atom is 0.319 e. The number of nitrogens with zero attached hydrogens (tertiary/aromatic N) is 2. The highest BCUT2D eigenvalue weighted by Gasteiger charge is 2.21. The van der Waals surface area contributed by atoms with Crippen LogP contribution in [0, 0.1) is 6.92 Å². The first kappa shape index (κ1) is 21.5. The van der Waals surface area contributed by atoms with Crippen molar-refractivity contribution in [3.63, 3.8) is 0 Å². The zero-order valence-electron chi connectivity index (χ0n) is 17.7. The lowest BCUT2D eigenvalue weighted by atomic mass is 10.2. The molecule has 0 unspecified atom stereocenters. The Kier molecular flexibility index (Phi) is 7.54. The highest BCUT2D eigenvalue weighted by Crippen LogP contribution is 2.25. The van der Waals surface area contributed by atoms with Gasteiger partial charge in [-0.05, 0) is 43.2 Å². The van der Waals surface area contributed by atoms with Crippen LogP contribution in [0.2, 0.25) is 0 Å². The third kappa shape index (κ3) is 5.89. The highest BCUT2D eigenvalue weighted by atomic mass is 16.5. The van der Waals surface area contributed by atoms with Crippen LogP contribution in [0.5, 0.6) is 5.75 Å². The van der Waals surface area contributed by atoms with Crippen LogP contribution in [0.3, 0.4) is 0 Å². The Morgan fingerprint density at radius 2 is 1.77 bits per heavy atom. The van der Waals surface area contributed by atoms with E-state index in [1.54, 1.807) is 4.90 Å². The van der Waals surface area contributed by atoms with Crippen LogP contribution in [-0.4, -0.2) is 56.2 Å². The van der Waals surface area contributed by atoms with Gasteiger partial charge in [0.25, 0.3) is 0 Å². The molecule has 1 saturated heterocycles. The van der Waals surface area contributed by atoms with E-state index < -0.39 is 6.03 Å². The minimum absolute atomic E-state index is 0.0335. The molecule has 2 aromatic carbocycles. The maximum absolute atomic E-state index is 12.5. The molecule has 7 heteroatoms. The van der Waals surface area contributed by atoms with Crippen molar-refractivity contribution in [2.45, 2.75) is 20.3 Å². The number of nitrogens with one attached hydrogen (secondary N) is 2. The van der Waals surface area contributed by atoms with Crippen molar-refractivity contribution >= 4 is 23.3 Å². The summed E-state index contributed by atoms with van der Waals surface area (Å²) in [7, 11) is 0. The zero-order chi connectivity index (χ0) is 21.3. The molecule has 160 valence electrons. The van der Waals surface area contributed by atoms with Crippen molar-refractivity contribution in [2.75, 3.05) is 49.5 Å². The van der Waals surface area contributed by atoms with Gasteiger partial charge in [-0.15, -0.1) is 0 Å². The number of aryl methyl sites for hydroxylation is 1. The summed E-state index contributed by atoms with van der Waals surface area (Å²) in [6.45, 7) is 7.39. The molecule has 1 fully saturated rings. The topological polar surface area (TPSA) is 73.9 Å². The van der Waals surface area contributed by atoms with Gasteiger partial charge in [0, 0.05) is 31.9 Å². The molecule has 1 aliphatic heterocycles. The van der Waals surface area contributed by atoms with E-state index in [4.69, 9.17) is 4.74 Å². The molecular weight excluding hydrogens is 380 g/mol. The van der Waals surface area contributed by atoms with E-state index >= 15 is 0 Å². The van der Waals surface area contributed by atoms with Crippen molar-refractivity contribution in [1.29, 1.82) is 0 Å². The second-order valence-corrected chi connectivity index (χ2v) is 7.36. The average Bonchev–Trinajstić information content (AvgIpc) is 2.78. The van der Waals surface area contributed by atoms with Crippen LogP contribution >= 0.6 is 0 Å². The molecule has 0 aliphatic carbocycles. The number of hydrogen-bond acceptors (Lipinski definition) is 4. The van der Waals surface area contributed by atoms with Crippen LogP contribution in [0.15, 0.2) is 48.5 Å². The highest BCUT2D eigenvalue weighted by molar-refractivity contribution is 5.93. The standard InChI is InChI=1S/C23H30N4O3/c1-3-15-30-21-16-18(2)9-10-20(21)25-23(29)24-17-22(28)27-13-11-26(12-14-27)19-7-5-4-6-8-19/h4-10,16H,3,11-15,17H2,1-2H3,(H2,24,25,29). The van der Waals surface area contributed by atoms with Crippen molar-refractivity contribution in [3.05, 3.63) is 54.1 Å². The van der Waals surface area contributed by atoms with Crippen LogP contribution in [0.4, 0.5) is 16.2 Å². The fourth-order valence-electron chi connectivity index (χ4n) is 3.35. The Balaban J connectivity index is 1.46. The van der Waals surface area contributed by atoms with Gasteiger partial charge in [-0.1, -0.05) is 31.2 Å². The van der Waals surface area contributed by atoms with Gasteiger partial charge in [0.2, 0.25) is 5.91 Å². The van der Waals surface area contributed by atoms with E-state index in [2.05, 4.69) is 27.7 Å². The fourth-order valence-corrected chi connectivity index (χ4v) is 3.35. The maximum atomic E-state index is 12.5. The molecule has 0 atom stereocenters. The third-order valence-corrected chi connectivity index (χ3v) is 5.00. The van der Waals surface area contributed by atoms with E-state index in [0.717, 1.165) is 25.1 Å². The second-order valence-electron chi connectivity index (χ2n) is 7.36. The Labute approximate surface area is 178 Å². The van der Waals surface area contributed by atoms with Crippen molar-refractivity contribution in [3.8, 4) is 5.75 Å². The Hall–Kier alpha value is -3.22. The molecular formula is C23H30N4O3. The first-order valence-corrected chi connectivity index (χ1v) is 10.4. The molecule has 3 amide bonds. The first-order chi connectivity index (χ1) is 14.6. The predicted octanol–water partition coefficient (Wildman–Crippen LogP) is 3.25. The lowest BCUT2D eigenvalue weighted by molar-refractivity contribution is -0.130. The Morgan fingerprint density at radius 1 is 1.03 bits per heavy atom. The van der Waals surface area contributed by atoms with Crippen molar-refractivity contribution < 1.29 is 14.3 Å². The molecule has 3 rings (SSSR count). The molecule has 2 aromatic rings. The van der Waals surface area contributed by atoms with Gasteiger partial charge < -0.3 is 25.2 Å². The fraction of sp³-hybridized carbons (Fsp3) is 0.391. The summed E-state index contributed by atoms with van der Waals surface area (Å²) in [6, 6.07) is 15.4. The number of para-hydroxylation sites is 1. The molecule has 0 bridgehead atoms. The minimum atomic E-state index is -0.420. The number of carbonyl (C=O) groups excluding carboxylic acids is 2. The molecule has 1 aliphatic rings. The lowest BCUT2D eigenvalue weighted by Gasteiger charge is -2.36. The minimum Gasteiger partial charge on any atom is -0.491 e. The SMILES string of the molecule is CCCOc1cc(C)ccc1NC(=O)NCC(=O)N1CCN(c2ccccc2)CC1. The van der Waals surface area contributed by atoms with Crippen molar-refractivity contribution in [1.82, 2.24) is 10.2 Å². The van der Waals surface area contributed by atoms with E-state index in [-0.39, 0.29) is 12.5 Å². The summed E-state index contributed by atoms with van der Waals surface area (Å²) in [5.41, 5.74) is 2.81. The summed E-state index contributed by atoms with van der Waals surface area (Å²) >= 11 is 0. The van der Waals surface area contributed by atoms with Crippen LogP contribution in [0.1, 0.15) is 18.9 Å². The number of piperazine rings is 1. The Morgan fingerprint density at radius 3 is 2.47 bits per heavy atom. The largest absolute Gasteiger partial charge is 0.491 e. The van der Waals surface area contributed by atoms with E-state index in [1.807, 2.05) is 50.2 Å². The summed E-state index contributed by atoms with van der Waals surface area (Å²) in [5, 5.41) is 5.44. The number of ether oxygens (including phenoxy) is 1. The van der Waals surface area contributed by atoms with Gasteiger partial charge in [0.05, 0.1) is 18.8 Å². The van der Waals surface area contributed by atoms with Crippen molar-refractivity contribution in [2.24, 2.45) is 0 Å². The van der Waals surface area contributed by atoms with E-state index in [1.165, 1.54) is 5.69 Å². The molecule has 1 heterocycles. The molecule has 7 nitrogen and oxygen atoms in total. The van der Waals surface area contributed by atoms with Gasteiger partial charge in [0.1, 0.15) is 5.75 Å². The number of amides is 3. The molecule has 0 spiro atoms. The molecule has 0 aromatic heterocycles. The number of anilines is 2. The van der Waals surface area contributed by atoms with Crippen LogP contribution in [-0.2, 0) is 4.79 Å². The third-order valence-electron chi connectivity index (χ3n) is 5.00. The van der Waals surface area contributed by atoms with Gasteiger partial charge in [-0.3, -0.25) is 4.79 Å². The van der Waals surface area contributed by atoms with E-state index in [0.29, 0.717) is 31.1 Å². The second kappa shape index (κ2) is 10.5. The van der Waals surface area contributed by atoms with Gasteiger partial charge in [0.15, 0.2) is 0 Å². The summed E-state index contributed by atoms with van der Waals surface area (Å²) in [5.74, 6) is 0.555. The van der Waals surface area contributed by atoms with Gasteiger partial charge >= 0.3 is 6.03 Å². The number of rotatable bonds is 7. The first-order valence-electron chi connectivity index (χ1n) is 10.4. The summed E-state index contributed by atoms with van der Waals surface area (Å²) < 4.78 is 5.71. The van der Waals surface area contributed by atoms with E-state index in [9.17, 15) is 9.59 Å². The number of benzene rings is 2. The smallest absolute Gasteiger partial charge is 0.319 e. The number of carbonyl (C=O) groups is 2. The predicted molar refractivity (Wildman–Crippen MR) is 119 cm³/mol. The zero-order valence-corrected chi connectivity index (χ0v) is 17.7. The number of hydrogen-bond donors (Lipinski definition) is 2. The monoisotopic (exact) mass is 410 g/mol. The van der Waals surface area contributed by atoms with Gasteiger partial charge in [-0.25, -0.2) is 4.79 Å². The summed E-state index contributed by atoms with van der Waals surface area (Å²) in [6.07, 6.45) is 0.881. The average molecular weight is 411 g/mol. The molecule has 30 heavy (non-hydrogen) atoms. The van der Waals surface area contributed by atoms with Crippen LogP contribution in [0.25, 0.3) is 0 Å². The molecule has 2 N–H and O–H groups in total. The lowest BCUT2D eigenvalue weighted by Crippen LogP contribution is -2.51. The van der Waals surface area contributed by atoms with Gasteiger partial charge in [-0.2, -0.15) is 0 Å².